The van der Waals surface area contributed by atoms with Gasteiger partial charge in [0.15, 0.2) is 11.5 Å². The van der Waals surface area contributed by atoms with Gasteiger partial charge in [0.05, 0.1) is 13.2 Å². The van der Waals surface area contributed by atoms with Crippen molar-refractivity contribution in [2.45, 2.75) is 19.4 Å². The number of nitrogens with one attached hydrogen (secondary N) is 2. The zero-order valence-electron chi connectivity index (χ0n) is 10.6. The Morgan fingerprint density at radius 2 is 2.33 bits per heavy atom. The van der Waals surface area contributed by atoms with Gasteiger partial charge in [-0.15, -0.1) is 0 Å². The lowest BCUT2D eigenvalue weighted by Crippen LogP contribution is -2.39. The quantitative estimate of drug-likeness (QED) is 0.757. The molecular formula is C13H18N2O3. The van der Waals surface area contributed by atoms with Crippen LogP contribution in [0.25, 0.3) is 0 Å². The van der Waals surface area contributed by atoms with E-state index in [1.54, 1.807) is 12.1 Å². The highest BCUT2D eigenvalue weighted by atomic mass is 16.5. The molecule has 0 spiro atoms. The minimum atomic E-state index is -0.158. The van der Waals surface area contributed by atoms with E-state index in [1.807, 2.05) is 0 Å². The summed E-state index contributed by atoms with van der Waals surface area (Å²) in [6.45, 7) is 2.92. The minimum absolute atomic E-state index is 0.0164. The van der Waals surface area contributed by atoms with E-state index in [0.29, 0.717) is 17.4 Å². The van der Waals surface area contributed by atoms with Crippen LogP contribution in [-0.2, 0) is 4.79 Å². The van der Waals surface area contributed by atoms with Gasteiger partial charge in [-0.2, -0.15) is 0 Å². The molecule has 2 rings (SSSR count). The number of rotatable bonds is 3. The van der Waals surface area contributed by atoms with Crippen molar-refractivity contribution in [3.63, 3.8) is 0 Å². The molecule has 1 aliphatic heterocycles. The molecule has 18 heavy (non-hydrogen) atoms. The topological polar surface area (TPSA) is 70.6 Å². The van der Waals surface area contributed by atoms with Crippen LogP contribution in [0.3, 0.4) is 0 Å². The zero-order chi connectivity index (χ0) is 13.1. The van der Waals surface area contributed by atoms with E-state index < -0.39 is 0 Å². The molecule has 3 N–H and O–H groups in total. The lowest BCUT2D eigenvalue weighted by molar-refractivity contribution is -0.118. The molecule has 5 nitrogen and oxygen atoms in total. The maximum atomic E-state index is 12.0. The number of methoxy groups -OCH3 is 1. The third kappa shape index (κ3) is 2.56. The van der Waals surface area contributed by atoms with Crippen molar-refractivity contribution >= 4 is 11.6 Å². The van der Waals surface area contributed by atoms with Gasteiger partial charge in [-0.05, 0) is 31.0 Å². The number of ether oxygens (including phenoxy) is 1. The highest BCUT2D eigenvalue weighted by Crippen LogP contribution is 2.28. The predicted octanol–water partition coefficient (Wildman–Crippen LogP) is 1.34. The summed E-state index contributed by atoms with van der Waals surface area (Å²) in [4.78, 5) is 12.0. The van der Waals surface area contributed by atoms with Crippen LogP contribution >= 0.6 is 0 Å². The number of anilines is 1. The van der Waals surface area contributed by atoms with Gasteiger partial charge >= 0.3 is 0 Å². The third-order valence-corrected chi connectivity index (χ3v) is 3.26. The van der Waals surface area contributed by atoms with Crippen molar-refractivity contribution in [2.75, 3.05) is 19.0 Å². The zero-order valence-corrected chi connectivity index (χ0v) is 10.6. The van der Waals surface area contributed by atoms with Crippen molar-refractivity contribution < 1.29 is 14.6 Å². The number of phenols is 1. The molecule has 0 aliphatic carbocycles. The fraction of sp³-hybridized carbons (Fsp3) is 0.462. The summed E-state index contributed by atoms with van der Waals surface area (Å²) >= 11 is 0. The minimum Gasteiger partial charge on any atom is -0.504 e. The molecule has 0 bridgehead atoms. The number of benzene rings is 1. The molecule has 1 aromatic rings. The van der Waals surface area contributed by atoms with Gasteiger partial charge in [0.2, 0.25) is 5.91 Å². The molecule has 0 radical (unpaired) electrons. The average Bonchev–Trinajstić information content (AvgIpc) is 2.76. The average molecular weight is 250 g/mol. The lowest BCUT2D eigenvalue weighted by Gasteiger charge is -2.15. The Kier molecular flexibility index (Phi) is 3.72. The number of amides is 1. The van der Waals surface area contributed by atoms with Gasteiger partial charge in [0.1, 0.15) is 0 Å². The highest BCUT2D eigenvalue weighted by Gasteiger charge is 2.29. The van der Waals surface area contributed by atoms with Crippen LogP contribution in [0.4, 0.5) is 5.69 Å². The molecule has 0 aromatic heterocycles. The van der Waals surface area contributed by atoms with E-state index >= 15 is 0 Å². The van der Waals surface area contributed by atoms with Crippen LogP contribution in [0.2, 0.25) is 0 Å². The Morgan fingerprint density at radius 3 is 2.89 bits per heavy atom. The Labute approximate surface area is 106 Å². The molecule has 1 fully saturated rings. The number of aromatic hydroxyl groups is 1. The molecular weight excluding hydrogens is 232 g/mol. The molecule has 1 amide bonds. The van der Waals surface area contributed by atoms with Crippen molar-refractivity contribution in [1.29, 1.82) is 0 Å². The highest BCUT2D eigenvalue weighted by molar-refractivity contribution is 5.95. The van der Waals surface area contributed by atoms with Gasteiger partial charge in [0, 0.05) is 11.8 Å². The van der Waals surface area contributed by atoms with Crippen molar-refractivity contribution in [3.8, 4) is 11.5 Å². The molecule has 1 aliphatic rings. The number of phenolic OH excluding ortho intramolecular Hbond substituents is 1. The van der Waals surface area contributed by atoms with Gasteiger partial charge in [-0.1, -0.05) is 6.92 Å². The molecule has 1 aromatic carbocycles. The molecule has 0 saturated carbocycles. The van der Waals surface area contributed by atoms with Crippen molar-refractivity contribution in [1.82, 2.24) is 5.32 Å². The van der Waals surface area contributed by atoms with Gasteiger partial charge in [-0.3, -0.25) is 4.79 Å². The van der Waals surface area contributed by atoms with Gasteiger partial charge in [0.25, 0.3) is 0 Å². The number of hydrogen-bond acceptors (Lipinski definition) is 4. The Balaban J connectivity index is 2.05. The van der Waals surface area contributed by atoms with Crippen LogP contribution < -0.4 is 15.4 Å². The molecule has 1 heterocycles. The largest absolute Gasteiger partial charge is 0.504 e. The van der Waals surface area contributed by atoms with E-state index in [9.17, 15) is 9.90 Å². The first-order valence-electron chi connectivity index (χ1n) is 6.03. The smallest absolute Gasteiger partial charge is 0.241 e. The lowest BCUT2D eigenvalue weighted by atomic mass is 10.0. The SMILES string of the molecule is COc1ccc(NC(=O)C2NCCC2C)cc1O. The summed E-state index contributed by atoms with van der Waals surface area (Å²) < 4.78 is 4.95. The number of hydrogen-bond donors (Lipinski definition) is 3. The van der Waals surface area contributed by atoms with Crippen LogP contribution in [0.1, 0.15) is 13.3 Å². The Morgan fingerprint density at radius 1 is 1.56 bits per heavy atom. The third-order valence-electron chi connectivity index (χ3n) is 3.26. The Bertz CT molecular complexity index is 448. The summed E-state index contributed by atoms with van der Waals surface area (Å²) in [5.41, 5.74) is 0.569. The number of carbonyl (C=O) groups is 1. The van der Waals surface area contributed by atoms with Crippen LogP contribution in [-0.4, -0.2) is 30.7 Å². The normalized spacial score (nSPS) is 22.8. The molecule has 98 valence electrons. The first-order chi connectivity index (χ1) is 8.61. The second kappa shape index (κ2) is 5.27. The van der Waals surface area contributed by atoms with Crippen molar-refractivity contribution in [3.05, 3.63) is 18.2 Å². The second-order valence-corrected chi connectivity index (χ2v) is 4.57. The molecule has 2 atom stereocenters. The van der Waals surface area contributed by atoms with Crippen LogP contribution in [0.5, 0.6) is 11.5 Å². The first-order valence-corrected chi connectivity index (χ1v) is 6.03. The maximum absolute atomic E-state index is 12.0. The first kappa shape index (κ1) is 12.7. The monoisotopic (exact) mass is 250 g/mol. The molecule has 1 saturated heterocycles. The van der Waals surface area contributed by atoms with E-state index in [0.717, 1.165) is 13.0 Å². The van der Waals surface area contributed by atoms with Gasteiger partial charge < -0.3 is 20.5 Å². The summed E-state index contributed by atoms with van der Waals surface area (Å²) in [6.07, 6.45) is 1.01. The van der Waals surface area contributed by atoms with E-state index in [2.05, 4.69) is 17.6 Å². The van der Waals surface area contributed by atoms with Crippen LogP contribution in [0, 0.1) is 5.92 Å². The van der Waals surface area contributed by atoms with E-state index in [1.165, 1.54) is 13.2 Å². The van der Waals surface area contributed by atoms with E-state index in [4.69, 9.17) is 4.74 Å². The second-order valence-electron chi connectivity index (χ2n) is 4.57. The molecule has 5 heteroatoms. The van der Waals surface area contributed by atoms with Crippen molar-refractivity contribution in [2.24, 2.45) is 5.92 Å². The van der Waals surface area contributed by atoms with Gasteiger partial charge in [-0.25, -0.2) is 0 Å². The fourth-order valence-corrected chi connectivity index (χ4v) is 2.17. The van der Waals surface area contributed by atoms with E-state index in [-0.39, 0.29) is 17.7 Å². The standard InChI is InChI=1S/C13H18N2O3/c1-8-5-6-14-12(8)13(17)15-9-3-4-11(18-2)10(16)7-9/h3-4,7-8,12,14,16H,5-6H2,1-2H3,(H,15,17). The summed E-state index contributed by atoms with van der Waals surface area (Å²) in [5, 5.41) is 15.6. The summed E-state index contributed by atoms with van der Waals surface area (Å²) in [5.74, 6) is 0.671. The fourth-order valence-electron chi connectivity index (χ4n) is 2.17. The molecule has 2 unspecified atom stereocenters. The summed E-state index contributed by atoms with van der Waals surface area (Å²) in [6, 6.07) is 4.65. The Hall–Kier alpha value is -1.75. The predicted molar refractivity (Wildman–Crippen MR) is 68.9 cm³/mol. The maximum Gasteiger partial charge on any atom is 0.241 e. The summed E-state index contributed by atoms with van der Waals surface area (Å²) in [7, 11) is 1.48. The van der Waals surface area contributed by atoms with Crippen LogP contribution in [0.15, 0.2) is 18.2 Å². The number of carbonyl (C=O) groups excluding carboxylic acids is 1.